The van der Waals surface area contributed by atoms with E-state index >= 15 is 0 Å². The lowest BCUT2D eigenvalue weighted by atomic mass is 10.2. The Morgan fingerprint density at radius 2 is 1.88 bits per heavy atom. The monoisotopic (exact) mass is 214 g/mol. The maximum atomic E-state index is 8.92. The molecule has 0 saturated carbocycles. The zero-order valence-electron chi connectivity index (χ0n) is 9.14. The highest BCUT2D eigenvalue weighted by molar-refractivity contribution is 5.59. The van der Waals surface area contributed by atoms with Gasteiger partial charge in [0.15, 0.2) is 0 Å². The zero-order chi connectivity index (χ0) is 11.4. The van der Waals surface area contributed by atoms with Gasteiger partial charge in [-0.25, -0.2) is 0 Å². The van der Waals surface area contributed by atoms with Gasteiger partial charge in [0.2, 0.25) is 0 Å². The highest BCUT2D eigenvalue weighted by atomic mass is 16.3. The second-order valence-corrected chi connectivity index (χ2v) is 3.73. The van der Waals surface area contributed by atoms with Crippen LogP contribution in [-0.4, -0.2) is 10.1 Å². The molecule has 16 heavy (non-hydrogen) atoms. The summed E-state index contributed by atoms with van der Waals surface area (Å²) in [7, 11) is 0. The van der Waals surface area contributed by atoms with Gasteiger partial charge in [0.05, 0.1) is 18.5 Å². The molecule has 82 valence electrons. The van der Waals surface area contributed by atoms with E-state index in [-0.39, 0.29) is 6.61 Å². The van der Waals surface area contributed by atoms with Gasteiger partial charge in [-0.05, 0) is 36.2 Å². The highest BCUT2D eigenvalue weighted by Crippen LogP contribution is 2.16. The van der Waals surface area contributed by atoms with E-state index in [9.17, 15) is 0 Å². The van der Waals surface area contributed by atoms with Crippen molar-refractivity contribution >= 4 is 11.4 Å². The molecule has 0 spiro atoms. The zero-order valence-corrected chi connectivity index (χ0v) is 9.14. The van der Waals surface area contributed by atoms with Crippen LogP contribution < -0.4 is 5.32 Å². The first kappa shape index (κ1) is 10.6. The Hall–Kier alpha value is -1.87. The number of aryl methyl sites for hydroxylation is 1. The largest absolute Gasteiger partial charge is 0.392 e. The minimum Gasteiger partial charge on any atom is -0.392 e. The molecule has 1 aromatic carbocycles. The van der Waals surface area contributed by atoms with Crippen LogP contribution in [0.25, 0.3) is 0 Å². The number of nitrogens with one attached hydrogen (secondary N) is 1. The Kier molecular flexibility index (Phi) is 3.17. The fraction of sp³-hybridized carbons (Fsp3) is 0.154. The Balaban J connectivity index is 2.14. The molecule has 0 saturated heterocycles. The number of aliphatic hydroxyl groups is 1. The topological polar surface area (TPSA) is 45.2 Å². The van der Waals surface area contributed by atoms with Crippen molar-refractivity contribution in [1.29, 1.82) is 0 Å². The Bertz CT molecular complexity index is 466. The van der Waals surface area contributed by atoms with Gasteiger partial charge in [-0.3, -0.25) is 4.98 Å². The Morgan fingerprint density at radius 3 is 2.50 bits per heavy atom. The van der Waals surface area contributed by atoms with Gasteiger partial charge >= 0.3 is 0 Å². The van der Waals surface area contributed by atoms with E-state index in [1.54, 1.807) is 6.20 Å². The first-order chi connectivity index (χ1) is 7.78. The summed E-state index contributed by atoms with van der Waals surface area (Å²) >= 11 is 0. The molecule has 3 heteroatoms. The number of aromatic nitrogens is 1. The summed E-state index contributed by atoms with van der Waals surface area (Å²) in [5.41, 5.74) is 3.99. The molecule has 1 aromatic heterocycles. The molecular formula is C13H14N2O. The van der Waals surface area contributed by atoms with Gasteiger partial charge in [-0.15, -0.1) is 0 Å². The lowest BCUT2D eigenvalue weighted by Crippen LogP contribution is -1.92. The van der Waals surface area contributed by atoms with Gasteiger partial charge in [-0.1, -0.05) is 12.1 Å². The Labute approximate surface area is 94.8 Å². The summed E-state index contributed by atoms with van der Waals surface area (Å²) in [5, 5.41) is 12.2. The van der Waals surface area contributed by atoms with Crippen molar-refractivity contribution in [2.45, 2.75) is 13.5 Å². The third-order valence-electron chi connectivity index (χ3n) is 2.30. The molecule has 0 aliphatic heterocycles. The predicted molar refractivity (Wildman–Crippen MR) is 64.6 cm³/mol. The molecule has 1 heterocycles. The van der Waals surface area contributed by atoms with E-state index in [4.69, 9.17) is 5.11 Å². The standard InChI is InChI=1S/C13H14N2O/c1-10-6-13(8-14-7-10)15-12-4-2-11(9-16)3-5-12/h2-8,15-16H,9H2,1H3. The van der Waals surface area contributed by atoms with Gasteiger partial charge in [0, 0.05) is 11.9 Å². The highest BCUT2D eigenvalue weighted by Gasteiger charge is 1.96. The average molecular weight is 214 g/mol. The van der Waals surface area contributed by atoms with Crippen LogP contribution in [0.2, 0.25) is 0 Å². The van der Waals surface area contributed by atoms with E-state index < -0.39 is 0 Å². The van der Waals surface area contributed by atoms with Crippen LogP contribution in [0.15, 0.2) is 42.7 Å². The number of pyridine rings is 1. The van der Waals surface area contributed by atoms with E-state index in [2.05, 4.69) is 10.3 Å². The second-order valence-electron chi connectivity index (χ2n) is 3.73. The van der Waals surface area contributed by atoms with Crippen LogP contribution in [0.4, 0.5) is 11.4 Å². The molecular weight excluding hydrogens is 200 g/mol. The van der Waals surface area contributed by atoms with Crippen molar-refractivity contribution in [1.82, 2.24) is 4.98 Å². The van der Waals surface area contributed by atoms with Gasteiger partial charge in [0.25, 0.3) is 0 Å². The van der Waals surface area contributed by atoms with E-state index in [0.717, 1.165) is 22.5 Å². The van der Waals surface area contributed by atoms with Crippen LogP contribution in [0.3, 0.4) is 0 Å². The molecule has 3 nitrogen and oxygen atoms in total. The Morgan fingerprint density at radius 1 is 1.12 bits per heavy atom. The maximum absolute atomic E-state index is 8.92. The van der Waals surface area contributed by atoms with E-state index in [1.807, 2.05) is 43.5 Å². The normalized spacial score (nSPS) is 10.1. The fourth-order valence-electron chi connectivity index (χ4n) is 1.48. The lowest BCUT2D eigenvalue weighted by molar-refractivity contribution is 0.282. The van der Waals surface area contributed by atoms with Crippen LogP contribution in [0, 0.1) is 6.92 Å². The average Bonchev–Trinajstić information content (AvgIpc) is 2.30. The van der Waals surface area contributed by atoms with Gasteiger partial charge in [0.1, 0.15) is 0 Å². The molecule has 0 bridgehead atoms. The molecule has 0 fully saturated rings. The molecule has 0 aliphatic carbocycles. The van der Waals surface area contributed by atoms with E-state index in [0.29, 0.717) is 0 Å². The second kappa shape index (κ2) is 4.77. The van der Waals surface area contributed by atoms with Gasteiger partial charge in [-0.2, -0.15) is 0 Å². The molecule has 2 N–H and O–H groups in total. The first-order valence-corrected chi connectivity index (χ1v) is 5.16. The van der Waals surface area contributed by atoms with Crippen molar-refractivity contribution in [3.05, 3.63) is 53.9 Å². The van der Waals surface area contributed by atoms with Crippen LogP contribution in [-0.2, 0) is 6.61 Å². The molecule has 2 aromatic rings. The van der Waals surface area contributed by atoms with Crippen LogP contribution in [0.5, 0.6) is 0 Å². The predicted octanol–water partition coefficient (Wildman–Crippen LogP) is 2.63. The number of rotatable bonds is 3. The number of anilines is 2. The molecule has 0 aliphatic rings. The minimum atomic E-state index is 0.0757. The summed E-state index contributed by atoms with van der Waals surface area (Å²) in [6, 6.07) is 9.70. The van der Waals surface area contributed by atoms with Crippen molar-refractivity contribution < 1.29 is 5.11 Å². The van der Waals surface area contributed by atoms with Crippen molar-refractivity contribution in [2.75, 3.05) is 5.32 Å². The van der Waals surface area contributed by atoms with Crippen molar-refractivity contribution in [3.8, 4) is 0 Å². The molecule has 0 radical (unpaired) electrons. The van der Waals surface area contributed by atoms with Crippen LogP contribution >= 0.6 is 0 Å². The van der Waals surface area contributed by atoms with Crippen molar-refractivity contribution in [3.63, 3.8) is 0 Å². The minimum absolute atomic E-state index is 0.0757. The molecule has 0 atom stereocenters. The number of hydrogen-bond donors (Lipinski definition) is 2. The number of nitrogens with zero attached hydrogens (tertiary/aromatic N) is 1. The number of benzene rings is 1. The number of aliphatic hydroxyl groups excluding tert-OH is 1. The van der Waals surface area contributed by atoms with Crippen molar-refractivity contribution in [2.24, 2.45) is 0 Å². The summed E-state index contributed by atoms with van der Waals surface area (Å²) in [5.74, 6) is 0. The SMILES string of the molecule is Cc1cncc(Nc2ccc(CO)cc2)c1. The third-order valence-corrected chi connectivity index (χ3v) is 2.30. The first-order valence-electron chi connectivity index (χ1n) is 5.16. The summed E-state index contributed by atoms with van der Waals surface area (Å²) in [6.45, 7) is 2.08. The third kappa shape index (κ3) is 2.58. The quantitative estimate of drug-likeness (QED) is 0.825. The smallest absolute Gasteiger partial charge is 0.0681 e. The van der Waals surface area contributed by atoms with Gasteiger partial charge < -0.3 is 10.4 Å². The van der Waals surface area contributed by atoms with E-state index in [1.165, 1.54) is 0 Å². The summed E-state index contributed by atoms with van der Waals surface area (Å²) < 4.78 is 0. The summed E-state index contributed by atoms with van der Waals surface area (Å²) in [6.07, 6.45) is 3.60. The molecule has 2 rings (SSSR count). The number of hydrogen-bond acceptors (Lipinski definition) is 3. The van der Waals surface area contributed by atoms with Crippen LogP contribution in [0.1, 0.15) is 11.1 Å². The lowest BCUT2D eigenvalue weighted by Gasteiger charge is -2.07. The molecule has 0 unspecified atom stereocenters. The molecule has 0 amide bonds. The fourth-order valence-corrected chi connectivity index (χ4v) is 1.48. The maximum Gasteiger partial charge on any atom is 0.0681 e. The summed E-state index contributed by atoms with van der Waals surface area (Å²) in [4.78, 5) is 4.11.